The normalized spacial score (nSPS) is 10.6. The molecule has 0 saturated heterocycles. The second-order valence-electron chi connectivity index (χ2n) is 4.84. The van der Waals surface area contributed by atoms with Crippen LogP contribution >= 0.6 is 11.3 Å². The Bertz CT molecular complexity index is 619. The van der Waals surface area contributed by atoms with Crippen molar-refractivity contribution in [1.82, 2.24) is 0 Å². The second kappa shape index (κ2) is 5.17. The van der Waals surface area contributed by atoms with Crippen LogP contribution in [0, 0.1) is 27.7 Å². The zero-order chi connectivity index (χ0) is 14.2. The van der Waals surface area contributed by atoms with Crippen molar-refractivity contribution in [3.63, 3.8) is 0 Å². The lowest BCUT2D eigenvalue weighted by atomic mass is 9.99. The molecular weight excluding hydrogens is 256 g/mol. The number of carbonyl (C=O) groups is 1. The van der Waals surface area contributed by atoms with E-state index in [0.717, 1.165) is 21.6 Å². The Labute approximate surface area is 118 Å². The second-order valence-corrected chi connectivity index (χ2v) is 6.09. The van der Waals surface area contributed by atoms with Crippen LogP contribution in [0.25, 0.3) is 0 Å². The van der Waals surface area contributed by atoms with Gasteiger partial charge in [0.25, 0.3) is 0 Å². The van der Waals surface area contributed by atoms with E-state index in [9.17, 15) is 4.79 Å². The molecule has 0 saturated carbocycles. The Hall–Kier alpha value is -1.61. The molecule has 3 heteroatoms. The molecular formula is C16H18O2S. The molecule has 1 aromatic heterocycles. The van der Waals surface area contributed by atoms with E-state index in [2.05, 4.69) is 0 Å². The first-order valence-electron chi connectivity index (χ1n) is 6.21. The quantitative estimate of drug-likeness (QED) is 0.783. The number of ketones is 1. The summed E-state index contributed by atoms with van der Waals surface area (Å²) in [7, 11) is 1.61. The predicted octanol–water partition coefficient (Wildman–Crippen LogP) is 4.22. The van der Waals surface area contributed by atoms with Gasteiger partial charge in [-0.2, -0.15) is 0 Å². The van der Waals surface area contributed by atoms with Gasteiger partial charge in [-0.05, 0) is 56.5 Å². The first-order chi connectivity index (χ1) is 8.93. The molecule has 0 atom stereocenters. The van der Waals surface area contributed by atoms with Gasteiger partial charge in [0.2, 0.25) is 5.78 Å². The lowest BCUT2D eigenvalue weighted by Crippen LogP contribution is -2.05. The molecule has 0 bridgehead atoms. The maximum atomic E-state index is 12.7. The number of thiophene rings is 1. The Balaban J connectivity index is 2.55. The van der Waals surface area contributed by atoms with Crippen LogP contribution in [0.1, 0.15) is 36.8 Å². The van der Waals surface area contributed by atoms with E-state index < -0.39 is 0 Å². The maximum Gasteiger partial charge on any atom is 0.206 e. The summed E-state index contributed by atoms with van der Waals surface area (Å²) in [4.78, 5) is 14.6. The molecule has 0 radical (unpaired) electrons. The SMILES string of the molecule is COc1cc(C)cc(C)c1C(=O)c1cc(C)c(C)s1. The lowest BCUT2D eigenvalue weighted by molar-refractivity contribution is 0.103. The monoisotopic (exact) mass is 274 g/mol. The molecule has 0 fully saturated rings. The molecule has 0 amide bonds. The van der Waals surface area contributed by atoms with Gasteiger partial charge in [-0.3, -0.25) is 4.79 Å². The van der Waals surface area contributed by atoms with Gasteiger partial charge in [0, 0.05) is 4.88 Å². The number of carbonyl (C=O) groups excluding carboxylic acids is 1. The highest BCUT2D eigenvalue weighted by molar-refractivity contribution is 7.14. The number of rotatable bonds is 3. The first-order valence-corrected chi connectivity index (χ1v) is 7.02. The fourth-order valence-corrected chi connectivity index (χ4v) is 3.17. The van der Waals surface area contributed by atoms with E-state index >= 15 is 0 Å². The van der Waals surface area contributed by atoms with Gasteiger partial charge >= 0.3 is 0 Å². The molecule has 0 N–H and O–H groups in total. The van der Waals surface area contributed by atoms with Crippen LogP contribution in [0.5, 0.6) is 5.75 Å². The largest absolute Gasteiger partial charge is 0.496 e. The number of ether oxygens (including phenoxy) is 1. The summed E-state index contributed by atoms with van der Waals surface area (Å²) in [5, 5.41) is 0. The van der Waals surface area contributed by atoms with Crippen LogP contribution < -0.4 is 4.74 Å². The summed E-state index contributed by atoms with van der Waals surface area (Å²) in [6.45, 7) is 8.02. The zero-order valence-electron chi connectivity index (χ0n) is 12.0. The minimum Gasteiger partial charge on any atom is -0.496 e. The number of benzene rings is 1. The van der Waals surface area contributed by atoms with Crippen LogP contribution in [0.15, 0.2) is 18.2 Å². The van der Waals surface area contributed by atoms with Gasteiger partial charge in [-0.1, -0.05) is 6.07 Å². The highest BCUT2D eigenvalue weighted by Gasteiger charge is 2.19. The van der Waals surface area contributed by atoms with Crippen LogP contribution in [-0.2, 0) is 0 Å². The van der Waals surface area contributed by atoms with E-state index in [4.69, 9.17) is 4.74 Å². The number of hydrogen-bond acceptors (Lipinski definition) is 3. The molecule has 19 heavy (non-hydrogen) atoms. The van der Waals surface area contributed by atoms with E-state index in [-0.39, 0.29) is 5.78 Å². The van der Waals surface area contributed by atoms with Crippen molar-refractivity contribution in [2.45, 2.75) is 27.7 Å². The van der Waals surface area contributed by atoms with E-state index in [1.165, 1.54) is 4.88 Å². The number of methoxy groups -OCH3 is 1. The standard InChI is InChI=1S/C16H18O2S/c1-9-6-11(3)15(13(7-9)18-5)16(17)14-8-10(2)12(4)19-14/h6-8H,1-5H3. The average Bonchev–Trinajstić information content (AvgIpc) is 2.68. The zero-order valence-corrected chi connectivity index (χ0v) is 12.8. The Morgan fingerprint density at radius 1 is 1.05 bits per heavy atom. The van der Waals surface area contributed by atoms with Crippen LogP contribution in [0.3, 0.4) is 0 Å². The van der Waals surface area contributed by atoms with Crippen LogP contribution in [0.4, 0.5) is 0 Å². The Kier molecular flexibility index (Phi) is 3.76. The van der Waals surface area contributed by atoms with Gasteiger partial charge in [0.1, 0.15) is 5.75 Å². The van der Waals surface area contributed by atoms with E-state index in [1.807, 2.05) is 45.9 Å². The fourth-order valence-electron chi connectivity index (χ4n) is 2.19. The first kappa shape index (κ1) is 13.8. The van der Waals surface area contributed by atoms with Crippen molar-refractivity contribution >= 4 is 17.1 Å². The summed E-state index contributed by atoms with van der Waals surface area (Å²) in [5.41, 5.74) is 3.90. The van der Waals surface area contributed by atoms with Crippen LogP contribution in [0.2, 0.25) is 0 Å². The lowest BCUT2D eigenvalue weighted by Gasteiger charge is -2.11. The summed E-state index contributed by atoms with van der Waals surface area (Å²) < 4.78 is 5.37. The van der Waals surface area contributed by atoms with E-state index in [0.29, 0.717) is 11.3 Å². The molecule has 0 unspecified atom stereocenters. The molecule has 1 heterocycles. The maximum absolute atomic E-state index is 12.7. The number of hydrogen-bond donors (Lipinski definition) is 0. The van der Waals surface area contributed by atoms with Crippen molar-refractivity contribution in [1.29, 1.82) is 0 Å². The van der Waals surface area contributed by atoms with Gasteiger partial charge in [0.05, 0.1) is 17.6 Å². The number of aryl methyl sites for hydroxylation is 4. The fraction of sp³-hybridized carbons (Fsp3) is 0.312. The van der Waals surface area contributed by atoms with Crippen molar-refractivity contribution in [2.24, 2.45) is 0 Å². The summed E-state index contributed by atoms with van der Waals surface area (Å²) >= 11 is 1.54. The van der Waals surface area contributed by atoms with Crippen molar-refractivity contribution < 1.29 is 9.53 Å². The minimum atomic E-state index is 0.0514. The van der Waals surface area contributed by atoms with E-state index in [1.54, 1.807) is 18.4 Å². The Morgan fingerprint density at radius 3 is 2.26 bits per heavy atom. The topological polar surface area (TPSA) is 26.3 Å². The smallest absolute Gasteiger partial charge is 0.206 e. The molecule has 100 valence electrons. The van der Waals surface area contributed by atoms with Gasteiger partial charge < -0.3 is 4.74 Å². The molecule has 1 aromatic carbocycles. The third kappa shape index (κ3) is 2.56. The van der Waals surface area contributed by atoms with Gasteiger partial charge in [0.15, 0.2) is 0 Å². The van der Waals surface area contributed by atoms with Gasteiger partial charge in [-0.15, -0.1) is 11.3 Å². The summed E-state index contributed by atoms with van der Waals surface area (Å²) in [5.74, 6) is 0.710. The predicted molar refractivity (Wildman–Crippen MR) is 79.7 cm³/mol. The molecule has 0 spiro atoms. The van der Waals surface area contributed by atoms with Crippen molar-refractivity contribution in [3.05, 3.63) is 50.2 Å². The molecule has 0 aliphatic rings. The molecule has 2 aromatic rings. The third-order valence-corrected chi connectivity index (χ3v) is 4.43. The highest BCUT2D eigenvalue weighted by atomic mass is 32.1. The minimum absolute atomic E-state index is 0.0514. The highest BCUT2D eigenvalue weighted by Crippen LogP contribution is 2.30. The summed E-state index contributed by atoms with van der Waals surface area (Å²) in [6, 6.07) is 5.89. The molecule has 2 nitrogen and oxygen atoms in total. The molecule has 2 rings (SSSR count). The molecule has 0 aliphatic carbocycles. The van der Waals surface area contributed by atoms with Crippen molar-refractivity contribution in [2.75, 3.05) is 7.11 Å². The van der Waals surface area contributed by atoms with Gasteiger partial charge in [-0.25, -0.2) is 0 Å². The summed E-state index contributed by atoms with van der Waals surface area (Å²) in [6.07, 6.45) is 0. The third-order valence-electron chi connectivity index (χ3n) is 3.28. The molecule has 0 aliphatic heterocycles. The van der Waals surface area contributed by atoms with Crippen molar-refractivity contribution in [3.8, 4) is 5.75 Å². The average molecular weight is 274 g/mol. The van der Waals surface area contributed by atoms with Crippen LogP contribution in [-0.4, -0.2) is 12.9 Å². The Morgan fingerprint density at radius 2 is 1.74 bits per heavy atom.